The highest BCUT2D eigenvalue weighted by Gasteiger charge is 2.11. The van der Waals surface area contributed by atoms with Crippen molar-refractivity contribution in [1.29, 1.82) is 0 Å². The molecule has 0 aliphatic rings. The SMILES string of the molecule is Cc1cc(C=O)c(C)n1-c1cc(F)cc(Cl)c1. The Labute approximate surface area is 104 Å². The first-order chi connectivity index (χ1) is 8.02. The third kappa shape index (κ3) is 2.11. The van der Waals surface area contributed by atoms with Crippen molar-refractivity contribution >= 4 is 17.9 Å². The molecule has 0 unspecified atom stereocenters. The normalized spacial score (nSPS) is 10.6. The fraction of sp³-hybridized carbons (Fsp3) is 0.154. The van der Waals surface area contributed by atoms with Gasteiger partial charge in [0.05, 0.1) is 0 Å². The molecule has 0 spiro atoms. The number of benzene rings is 1. The van der Waals surface area contributed by atoms with E-state index in [2.05, 4.69) is 0 Å². The van der Waals surface area contributed by atoms with Gasteiger partial charge in [-0.15, -0.1) is 0 Å². The Morgan fingerprint density at radius 2 is 1.94 bits per heavy atom. The molecule has 0 aliphatic carbocycles. The summed E-state index contributed by atoms with van der Waals surface area (Å²) in [6.45, 7) is 3.67. The van der Waals surface area contributed by atoms with E-state index in [1.807, 2.05) is 13.8 Å². The van der Waals surface area contributed by atoms with Crippen LogP contribution in [0.4, 0.5) is 4.39 Å². The summed E-state index contributed by atoms with van der Waals surface area (Å²) in [4.78, 5) is 10.8. The Morgan fingerprint density at radius 1 is 1.24 bits per heavy atom. The molecule has 0 fully saturated rings. The van der Waals surface area contributed by atoms with E-state index in [0.717, 1.165) is 17.7 Å². The first-order valence-corrected chi connectivity index (χ1v) is 5.51. The molecule has 2 aromatic rings. The molecule has 88 valence electrons. The number of aldehydes is 1. The van der Waals surface area contributed by atoms with Crippen molar-refractivity contribution in [2.75, 3.05) is 0 Å². The highest BCUT2D eigenvalue weighted by atomic mass is 35.5. The molecule has 1 aromatic heterocycles. The van der Waals surface area contributed by atoms with Crippen LogP contribution < -0.4 is 0 Å². The summed E-state index contributed by atoms with van der Waals surface area (Å²) in [5, 5.41) is 0.333. The van der Waals surface area contributed by atoms with Crippen molar-refractivity contribution in [3.05, 3.63) is 52.1 Å². The number of aryl methyl sites for hydroxylation is 1. The fourth-order valence-corrected chi connectivity index (χ4v) is 2.19. The third-order valence-corrected chi connectivity index (χ3v) is 2.92. The topological polar surface area (TPSA) is 22.0 Å². The summed E-state index contributed by atoms with van der Waals surface area (Å²) in [5.41, 5.74) is 2.87. The maximum Gasteiger partial charge on any atom is 0.151 e. The zero-order valence-electron chi connectivity index (χ0n) is 9.50. The summed E-state index contributed by atoms with van der Waals surface area (Å²) in [5.74, 6) is -0.396. The van der Waals surface area contributed by atoms with Gasteiger partial charge in [0, 0.05) is 27.7 Å². The molecule has 0 radical (unpaired) electrons. The van der Waals surface area contributed by atoms with E-state index in [0.29, 0.717) is 16.3 Å². The van der Waals surface area contributed by atoms with Crippen LogP contribution in [0.25, 0.3) is 5.69 Å². The molecule has 0 bridgehead atoms. The smallest absolute Gasteiger partial charge is 0.151 e. The number of aromatic nitrogens is 1. The molecule has 0 amide bonds. The number of rotatable bonds is 2. The first-order valence-electron chi connectivity index (χ1n) is 5.13. The predicted octanol–water partition coefficient (Wildman–Crippen LogP) is 3.70. The minimum Gasteiger partial charge on any atom is -0.318 e. The van der Waals surface area contributed by atoms with Gasteiger partial charge in [-0.05, 0) is 38.1 Å². The van der Waals surface area contributed by atoms with E-state index in [-0.39, 0.29) is 0 Å². The first kappa shape index (κ1) is 11.9. The number of halogens is 2. The monoisotopic (exact) mass is 251 g/mol. The fourth-order valence-electron chi connectivity index (χ4n) is 1.97. The maximum atomic E-state index is 13.3. The lowest BCUT2D eigenvalue weighted by atomic mass is 10.2. The van der Waals surface area contributed by atoms with E-state index in [1.165, 1.54) is 12.1 Å². The molecule has 2 rings (SSSR count). The summed E-state index contributed by atoms with van der Waals surface area (Å²) in [6.07, 6.45) is 0.791. The lowest BCUT2D eigenvalue weighted by Crippen LogP contribution is -2.00. The van der Waals surface area contributed by atoms with Crippen molar-refractivity contribution in [3.8, 4) is 5.69 Å². The third-order valence-electron chi connectivity index (χ3n) is 2.70. The quantitative estimate of drug-likeness (QED) is 0.746. The molecule has 0 saturated carbocycles. The average molecular weight is 252 g/mol. The minimum atomic E-state index is -0.396. The Hall–Kier alpha value is -1.61. The van der Waals surface area contributed by atoms with Crippen molar-refractivity contribution in [1.82, 2.24) is 4.57 Å². The lowest BCUT2D eigenvalue weighted by Gasteiger charge is -2.10. The highest BCUT2D eigenvalue weighted by Crippen LogP contribution is 2.23. The van der Waals surface area contributed by atoms with Crippen LogP contribution in [0.1, 0.15) is 21.7 Å². The van der Waals surface area contributed by atoms with E-state index < -0.39 is 5.82 Å². The second-order valence-electron chi connectivity index (χ2n) is 3.91. The predicted molar refractivity (Wildman–Crippen MR) is 65.6 cm³/mol. The molecule has 2 nitrogen and oxygen atoms in total. The van der Waals surface area contributed by atoms with Gasteiger partial charge in [0.15, 0.2) is 6.29 Å². The number of nitrogens with zero attached hydrogens (tertiary/aromatic N) is 1. The Morgan fingerprint density at radius 3 is 2.47 bits per heavy atom. The zero-order chi connectivity index (χ0) is 12.6. The number of carbonyl (C=O) groups is 1. The van der Waals surface area contributed by atoms with Gasteiger partial charge in [-0.25, -0.2) is 4.39 Å². The van der Waals surface area contributed by atoms with Crippen LogP contribution in [0.3, 0.4) is 0 Å². The summed E-state index contributed by atoms with van der Waals surface area (Å²) < 4.78 is 15.1. The Bertz CT molecular complexity index is 569. The van der Waals surface area contributed by atoms with Crippen LogP contribution in [-0.2, 0) is 0 Å². The van der Waals surface area contributed by atoms with E-state index >= 15 is 0 Å². The lowest BCUT2D eigenvalue weighted by molar-refractivity contribution is 0.112. The van der Waals surface area contributed by atoms with Crippen LogP contribution >= 0.6 is 11.6 Å². The molecule has 0 atom stereocenters. The maximum absolute atomic E-state index is 13.3. The van der Waals surface area contributed by atoms with E-state index in [1.54, 1.807) is 16.7 Å². The molecule has 0 N–H and O–H groups in total. The van der Waals surface area contributed by atoms with Crippen molar-refractivity contribution in [2.24, 2.45) is 0 Å². The average Bonchev–Trinajstić information content (AvgIpc) is 2.52. The van der Waals surface area contributed by atoms with Crippen molar-refractivity contribution in [3.63, 3.8) is 0 Å². The highest BCUT2D eigenvalue weighted by molar-refractivity contribution is 6.30. The van der Waals surface area contributed by atoms with Crippen LogP contribution in [0.2, 0.25) is 5.02 Å². The largest absolute Gasteiger partial charge is 0.318 e. The summed E-state index contributed by atoms with van der Waals surface area (Å²) in [7, 11) is 0. The minimum absolute atomic E-state index is 0.333. The Balaban J connectivity index is 2.67. The zero-order valence-corrected chi connectivity index (χ0v) is 10.3. The Kier molecular flexibility index (Phi) is 3.03. The number of hydrogen-bond donors (Lipinski definition) is 0. The van der Waals surface area contributed by atoms with Gasteiger partial charge >= 0.3 is 0 Å². The summed E-state index contributed by atoms with van der Waals surface area (Å²) in [6, 6.07) is 6.07. The molecule has 0 aliphatic heterocycles. The van der Waals surface area contributed by atoms with Gasteiger partial charge in [0.2, 0.25) is 0 Å². The van der Waals surface area contributed by atoms with Crippen LogP contribution in [0, 0.1) is 19.7 Å². The molecule has 17 heavy (non-hydrogen) atoms. The van der Waals surface area contributed by atoms with Gasteiger partial charge in [-0.1, -0.05) is 11.6 Å². The van der Waals surface area contributed by atoms with Crippen molar-refractivity contribution in [2.45, 2.75) is 13.8 Å². The van der Waals surface area contributed by atoms with E-state index in [9.17, 15) is 9.18 Å². The molecular weight excluding hydrogens is 241 g/mol. The van der Waals surface area contributed by atoms with Crippen LogP contribution in [0.15, 0.2) is 24.3 Å². The van der Waals surface area contributed by atoms with Gasteiger partial charge in [0.25, 0.3) is 0 Å². The van der Waals surface area contributed by atoms with E-state index in [4.69, 9.17) is 11.6 Å². The molecule has 1 heterocycles. The molecule has 4 heteroatoms. The van der Waals surface area contributed by atoms with Gasteiger partial charge in [-0.2, -0.15) is 0 Å². The van der Waals surface area contributed by atoms with Gasteiger partial charge < -0.3 is 4.57 Å². The second-order valence-corrected chi connectivity index (χ2v) is 4.34. The van der Waals surface area contributed by atoms with Crippen LogP contribution in [0.5, 0.6) is 0 Å². The van der Waals surface area contributed by atoms with Crippen LogP contribution in [-0.4, -0.2) is 10.9 Å². The van der Waals surface area contributed by atoms with Crippen molar-refractivity contribution < 1.29 is 9.18 Å². The molecule has 1 aromatic carbocycles. The second kappa shape index (κ2) is 4.34. The molecule has 0 saturated heterocycles. The number of hydrogen-bond acceptors (Lipinski definition) is 1. The molecular formula is C13H11ClFNO. The number of carbonyl (C=O) groups excluding carboxylic acids is 1. The summed E-state index contributed by atoms with van der Waals surface area (Å²) >= 11 is 5.82. The van der Waals surface area contributed by atoms with Gasteiger partial charge in [0.1, 0.15) is 5.82 Å². The van der Waals surface area contributed by atoms with Gasteiger partial charge in [-0.3, -0.25) is 4.79 Å². The standard InChI is InChI=1S/C13H11ClFNO/c1-8-3-10(7-17)9(2)16(8)13-5-11(14)4-12(15)6-13/h3-7H,1-2H3.